The summed E-state index contributed by atoms with van der Waals surface area (Å²) < 4.78 is 24.3. The molecule has 0 saturated carbocycles. The molecule has 1 fully saturated rings. The van der Waals surface area contributed by atoms with Crippen LogP contribution in [-0.2, 0) is 4.74 Å². The lowest BCUT2D eigenvalue weighted by Crippen LogP contribution is -2.06. The van der Waals surface area contributed by atoms with Crippen LogP contribution < -0.4 is 4.74 Å². The van der Waals surface area contributed by atoms with Crippen molar-refractivity contribution >= 4 is 11.6 Å². The highest BCUT2D eigenvalue weighted by atomic mass is 35.5. The van der Waals surface area contributed by atoms with E-state index in [0.717, 1.165) is 32.3 Å². The van der Waals surface area contributed by atoms with Crippen molar-refractivity contribution in [3.05, 3.63) is 29.6 Å². The molecule has 2 atom stereocenters. The minimum atomic E-state index is -0.305. The first-order chi connectivity index (χ1) is 8.70. The first-order valence-corrected chi connectivity index (χ1v) is 6.73. The Balaban J connectivity index is 1.93. The lowest BCUT2D eigenvalue weighted by Gasteiger charge is -2.14. The van der Waals surface area contributed by atoms with Crippen LogP contribution in [0.3, 0.4) is 0 Å². The fourth-order valence-corrected chi connectivity index (χ4v) is 2.55. The SMILES string of the molecule is COc1ccc(C(Cl)CCC2CCCO2)c(F)c1. The molecular weight excluding hydrogens is 255 g/mol. The molecule has 1 saturated heterocycles. The Hall–Kier alpha value is -0.800. The summed E-state index contributed by atoms with van der Waals surface area (Å²) in [4.78, 5) is 0. The predicted octanol–water partition coefficient (Wildman–Crippen LogP) is 4.07. The van der Waals surface area contributed by atoms with Crippen molar-refractivity contribution in [3.8, 4) is 5.75 Å². The Labute approximate surface area is 112 Å². The lowest BCUT2D eigenvalue weighted by molar-refractivity contribution is 0.102. The number of methoxy groups -OCH3 is 1. The number of alkyl halides is 1. The molecule has 1 aliphatic heterocycles. The minimum Gasteiger partial charge on any atom is -0.497 e. The maximum Gasteiger partial charge on any atom is 0.131 e. The molecule has 0 amide bonds. The summed E-state index contributed by atoms with van der Waals surface area (Å²) in [5, 5.41) is -0.305. The predicted molar refractivity (Wildman–Crippen MR) is 69.8 cm³/mol. The number of hydrogen-bond donors (Lipinski definition) is 0. The van der Waals surface area contributed by atoms with E-state index >= 15 is 0 Å². The minimum absolute atomic E-state index is 0.299. The fourth-order valence-electron chi connectivity index (χ4n) is 2.25. The fraction of sp³-hybridized carbons (Fsp3) is 0.571. The zero-order valence-corrected chi connectivity index (χ0v) is 11.3. The van der Waals surface area contributed by atoms with Crippen molar-refractivity contribution in [3.63, 3.8) is 0 Å². The average Bonchev–Trinajstić information content (AvgIpc) is 2.88. The van der Waals surface area contributed by atoms with Gasteiger partial charge in [-0.1, -0.05) is 6.07 Å². The van der Waals surface area contributed by atoms with Gasteiger partial charge in [0.05, 0.1) is 18.6 Å². The van der Waals surface area contributed by atoms with Crippen LogP contribution in [0.1, 0.15) is 36.6 Å². The summed E-state index contributed by atoms with van der Waals surface area (Å²) >= 11 is 6.25. The summed E-state index contributed by atoms with van der Waals surface area (Å²) in [6.07, 6.45) is 4.13. The third kappa shape index (κ3) is 3.36. The zero-order valence-electron chi connectivity index (χ0n) is 10.5. The van der Waals surface area contributed by atoms with Gasteiger partial charge in [0.15, 0.2) is 0 Å². The summed E-state index contributed by atoms with van der Waals surface area (Å²) in [6, 6.07) is 4.80. The van der Waals surface area contributed by atoms with E-state index in [0.29, 0.717) is 17.4 Å². The molecule has 1 heterocycles. The first kappa shape index (κ1) is 13.6. The van der Waals surface area contributed by atoms with Gasteiger partial charge in [0.1, 0.15) is 11.6 Å². The quantitative estimate of drug-likeness (QED) is 0.752. The van der Waals surface area contributed by atoms with Crippen molar-refractivity contribution in [1.82, 2.24) is 0 Å². The second-order valence-corrected chi connectivity index (χ2v) is 5.09. The van der Waals surface area contributed by atoms with Gasteiger partial charge in [0.2, 0.25) is 0 Å². The Bertz CT molecular complexity index is 391. The number of ether oxygens (including phenoxy) is 2. The van der Waals surface area contributed by atoms with Gasteiger partial charge in [-0.3, -0.25) is 0 Å². The van der Waals surface area contributed by atoms with E-state index in [1.54, 1.807) is 12.1 Å². The van der Waals surface area contributed by atoms with Crippen LogP contribution in [-0.4, -0.2) is 19.8 Å². The monoisotopic (exact) mass is 272 g/mol. The Morgan fingerprint density at radius 3 is 3.00 bits per heavy atom. The van der Waals surface area contributed by atoms with Crippen LogP contribution in [0.25, 0.3) is 0 Å². The second kappa shape index (κ2) is 6.39. The third-order valence-electron chi connectivity index (χ3n) is 3.31. The van der Waals surface area contributed by atoms with Crippen LogP contribution in [0.4, 0.5) is 4.39 Å². The van der Waals surface area contributed by atoms with E-state index in [4.69, 9.17) is 21.1 Å². The van der Waals surface area contributed by atoms with Gasteiger partial charge in [0.25, 0.3) is 0 Å². The Morgan fingerprint density at radius 2 is 2.39 bits per heavy atom. The summed E-state index contributed by atoms with van der Waals surface area (Å²) in [7, 11) is 1.52. The van der Waals surface area contributed by atoms with Crippen LogP contribution in [0.15, 0.2) is 18.2 Å². The largest absolute Gasteiger partial charge is 0.497 e. The summed E-state index contributed by atoms with van der Waals surface area (Å²) in [5.41, 5.74) is 0.537. The van der Waals surface area contributed by atoms with Crippen molar-refractivity contribution in [2.24, 2.45) is 0 Å². The highest BCUT2D eigenvalue weighted by Crippen LogP contribution is 2.31. The van der Waals surface area contributed by atoms with Crippen molar-refractivity contribution < 1.29 is 13.9 Å². The molecule has 0 bridgehead atoms. The van der Waals surface area contributed by atoms with Crippen molar-refractivity contribution in [2.75, 3.05) is 13.7 Å². The smallest absolute Gasteiger partial charge is 0.131 e. The van der Waals surface area contributed by atoms with Gasteiger partial charge >= 0.3 is 0 Å². The van der Waals surface area contributed by atoms with Crippen LogP contribution in [0, 0.1) is 5.82 Å². The first-order valence-electron chi connectivity index (χ1n) is 6.30. The van der Waals surface area contributed by atoms with Gasteiger partial charge in [-0.25, -0.2) is 4.39 Å². The van der Waals surface area contributed by atoms with E-state index in [1.807, 2.05) is 0 Å². The molecule has 0 N–H and O–H groups in total. The van der Waals surface area contributed by atoms with E-state index in [2.05, 4.69) is 0 Å². The average molecular weight is 273 g/mol. The summed E-state index contributed by atoms with van der Waals surface area (Å²) in [5.74, 6) is 0.209. The maximum atomic E-state index is 13.8. The number of benzene rings is 1. The molecule has 1 aromatic carbocycles. The molecule has 0 spiro atoms. The van der Waals surface area contributed by atoms with Gasteiger partial charge < -0.3 is 9.47 Å². The Kier molecular flexibility index (Phi) is 4.84. The molecule has 1 aliphatic rings. The molecule has 4 heteroatoms. The van der Waals surface area contributed by atoms with Crippen LogP contribution >= 0.6 is 11.6 Å². The molecule has 18 heavy (non-hydrogen) atoms. The number of rotatable bonds is 5. The van der Waals surface area contributed by atoms with E-state index in [9.17, 15) is 4.39 Å². The molecule has 0 aromatic heterocycles. The van der Waals surface area contributed by atoms with E-state index in [-0.39, 0.29) is 11.2 Å². The van der Waals surface area contributed by atoms with Gasteiger partial charge in [-0.2, -0.15) is 0 Å². The molecule has 2 nitrogen and oxygen atoms in total. The normalized spacial score (nSPS) is 20.9. The van der Waals surface area contributed by atoms with Gasteiger partial charge in [-0.15, -0.1) is 11.6 Å². The topological polar surface area (TPSA) is 18.5 Å². The van der Waals surface area contributed by atoms with Crippen LogP contribution in [0.2, 0.25) is 0 Å². The molecule has 2 unspecified atom stereocenters. The highest BCUT2D eigenvalue weighted by Gasteiger charge is 2.19. The van der Waals surface area contributed by atoms with Crippen molar-refractivity contribution in [1.29, 1.82) is 0 Å². The lowest BCUT2D eigenvalue weighted by atomic mass is 10.0. The third-order valence-corrected chi connectivity index (χ3v) is 3.76. The zero-order chi connectivity index (χ0) is 13.0. The second-order valence-electron chi connectivity index (χ2n) is 4.57. The molecule has 0 aliphatic carbocycles. The van der Waals surface area contributed by atoms with Gasteiger partial charge in [-0.05, 0) is 31.7 Å². The van der Waals surface area contributed by atoms with Crippen LogP contribution in [0.5, 0.6) is 5.75 Å². The molecule has 2 rings (SSSR count). The molecular formula is C14H18ClFO2. The number of halogens is 2. The van der Waals surface area contributed by atoms with E-state index in [1.165, 1.54) is 13.2 Å². The highest BCUT2D eigenvalue weighted by molar-refractivity contribution is 6.20. The Morgan fingerprint density at radius 1 is 1.56 bits per heavy atom. The molecule has 100 valence electrons. The number of hydrogen-bond acceptors (Lipinski definition) is 2. The standard InChI is InChI=1S/C14H18ClFO2/c1-17-11-4-6-12(14(16)9-11)13(15)7-5-10-3-2-8-18-10/h4,6,9-10,13H,2-3,5,7-8H2,1H3. The van der Waals surface area contributed by atoms with Crippen molar-refractivity contribution in [2.45, 2.75) is 37.2 Å². The van der Waals surface area contributed by atoms with E-state index < -0.39 is 0 Å². The van der Waals surface area contributed by atoms with Gasteiger partial charge in [0, 0.05) is 18.2 Å². The molecule has 0 radical (unpaired) electrons. The molecule has 1 aromatic rings. The maximum absolute atomic E-state index is 13.8. The summed E-state index contributed by atoms with van der Waals surface area (Å²) in [6.45, 7) is 0.842.